The Bertz CT molecular complexity index is 764. The summed E-state index contributed by atoms with van der Waals surface area (Å²) in [5.74, 6) is -0.435. The Morgan fingerprint density at radius 2 is 2.08 bits per heavy atom. The standard InChI is InChI=1S/C16H18F3N5O.ClH/c1-10-8-11(6-7-20-10)21-15(25)13-9-24(23-22-13)14-5-3-2-4-12(14)16(17,18)19;/h2-5,9-11,20H,6-8H2,1H3,(H,21,25);1H. The van der Waals surface area contributed by atoms with Crippen LogP contribution in [-0.2, 0) is 6.18 Å². The minimum atomic E-state index is -4.52. The van der Waals surface area contributed by atoms with Crippen molar-refractivity contribution >= 4 is 18.3 Å². The van der Waals surface area contributed by atoms with Crippen molar-refractivity contribution < 1.29 is 18.0 Å². The van der Waals surface area contributed by atoms with E-state index in [-0.39, 0.29) is 29.8 Å². The Morgan fingerprint density at radius 3 is 2.77 bits per heavy atom. The monoisotopic (exact) mass is 389 g/mol. The minimum Gasteiger partial charge on any atom is -0.348 e. The summed E-state index contributed by atoms with van der Waals surface area (Å²) < 4.78 is 40.3. The van der Waals surface area contributed by atoms with Crippen LogP contribution in [-0.4, -0.2) is 39.5 Å². The highest BCUT2D eigenvalue weighted by Crippen LogP contribution is 2.33. The second-order valence-electron chi connectivity index (χ2n) is 6.11. The van der Waals surface area contributed by atoms with E-state index in [1.165, 1.54) is 24.4 Å². The SMILES string of the molecule is CC1CC(NC(=O)c2cn(-c3ccccc3C(F)(F)F)nn2)CCN1.Cl. The molecule has 2 N–H and O–H groups in total. The number of nitrogens with zero attached hydrogens (tertiary/aromatic N) is 3. The van der Waals surface area contributed by atoms with E-state index in [0.29, 0.717) is 6.04 Å². The van der Waals surface area contributed by atoms with Gasteiger partial charge in [-0.1, -0.05) is 17.3 Å². The first-order chi connectivity index (χ1) is 11.8. The highest BCUT2D eigenvalue weighted by molar-refractivity contribution is 5.92. The summed E-state index contributed by atoms with van der Waals surface area (Å²) in [6, 6.07) is 5.34. The molecule has 3 rings (SSSR count). The minimum absolute atomic E-state index is 0. The third-order valence-corrected chi connectivity index (χ3v) is 4.14. The molecule has 0 spiro atoms. The Morgan fingerprint density at radius 1 is 1.35 bits per heavy atom. The number of piperidine rings is 1. The van der Waals surface area contributed by atoms with Crippen LogP contribution in [0, 0.1) is 0 Å². The van der Waals surface area contributed by atoms with Crippen molar-refractivity contribution in [2.24, 2.45) is 0 Å². The van der Waals surface area contributed by atoms with Gasteiger partial charge >= 0.3 is 6.18 Å². The zero-order valence-corrected chi connectivity index (χ0v) is 14.8. The normalized spacial score (nSPS) is 20.3. The van der Waals surface area contributed by atoms with Crippen LogP contribution < -0.4 is 10.6 Å². The van der Waals surface area contributed by atoms with E-state index in [1.807, 2.05) is 6.92 Å². The Kier molecular flexibility index (Phi) is 6.25. The maximum atomic E-state index is 13.1. The molecule has 0 bridgehead atoms. The molecule has 2 atom stereocenters. The van der Waals surface area contributed by atoms with Gasteiger partial charge in [0.05, 0.1) is 17.4 Å². The van der Waals surface area contributed by atoms with Crippen LogP contribution in [0.3, 0.4) is 0 Å². The van der Waals surface area contributed by atoms with Gasteiger partial charge in [0.2, 0.25) is 0 Å². The lowest BCUT2D eigenvalue weighted by molar-refractivity contribution is -0.137. The van der Waals surface area contributed by atoms with E-state index >= 15 is 0 Å². The summed E-state index contributed by atoms with van der Waals surface area (Å²) in [4.78, 5) is 12.3. The van der Waals surface area contributed by atoms with E-state index in [2.05, 4.69) is 20.9 Å². The summed E-state index contributed by atoms with van der Waals surface area (Å²) in [5, 5.41) is 13.5. The van der Waals surface area contributed by atoms with Gasteiger partial charge in [0.1, 0.15) is 0 Å². The predicted octanol–water partition coefficient (Wildman–Crippen LogP) is 2.58. The Balaban J connectivity index is 0.00000243. The molecule has 0 radical (unpaired) electrons. The van der Waals surface area contributed by atoms with Gasteiger partial charge < -0.3 is 10.6 Å². The highest BCUT2D eigenvalue weighted by Gasteiger charge is 2.34. The fourth-order valence-corrected chi connectivity index (χ4v) is 2.92. The number of rotatable bonds is 3. The van der Waals surface area contributed by atoms with Crippen LogP contribution in [0.2, 0.25) is 0 Å². The van der Waals surface area contributed by atoms with Crippen molar-refractivity contribution in [1.82, 2.24) is 25.6 Å². The number of carbonyl (C=O) groups excluding carboxylic acids is 1. The fourth-order valence-electron chi connectivity index (χ4n) is 2.92. The van der Waals surface area contributed by atoms with Gasteiger partial charge in [-0.3, -0.25) is 4.79 Å². The van der Waals surface area contributed by atoms with Gasteiger partial charge in [-0.25, -0.2) is 4.68 Å². The van der Waals surface area contributed by atoms with Crippen molar-refractivity contribution in [3.8, 4) is 5.69 Å². The maximum absolute atomic E-state index is 13.1. The molecule has 1 aromatic heterocycles. The van der Waals surface area contributed by atoms with E-state index in [1.54, 1.807) is 0 Å². The van der Waals surface area contributed by atoms with Crippen molar-refractivity contribution in [2.45, 2.75) is 38.0 Å². The molecular weight excluding hydrogens is 371 g/mol. The molecule has 0 saturated carbocycles. The van der Waals surface area contributed by atoms with Gasteiger partial charge in [-0.2, -0.15) is 13.2 Å². The lowest BCUT2D eigenvalue weighted by Crippen LogP contribution is -2.46. The molecule has 0 aliphatic carbocycles. The van der Waals surface area contributed by atoms with Crippen LogP contribution >= 0.6 is 12.4 Å². The number of aromatic nitrogens is 3. The number of alkyl halides is 3. The van der Waals surface area contributed by atoms with E-state index in [9.17, 15) is 18.0 Å². The van der Waals surface area contributed by atoms with Gasteiger partial charge in [0.15, 0.2) is 5.69 Å². The first kappa shape index (κ1) is 20.2. The second-order valence-corrected chi connectivity index (χ2v) is 6.11. The summed E-state index contributed by atoms with van der Waals surface area (Å²) in [6.45, 7) is 2.83. The summed E-state index contributed by atoms with van der Waals surface area (Å²) in [6.07, 6.45) is -1.72. The Labute approximate surface area is 154 Å². The van der Waals surface area contributed by atoms with Crippen LogP contribution in [0.15, 0.2) is 30.5 Å². The zero-order valence-electron chi connectivity index (χ0n) is 14.0. The molecule has 1 aromatic carbocycles. The smallest absolute Gasteiger partial charge is 0.348 e. The molecule has 2 heterocycles. The number of amides is 1. The first-order valence-corrected chi connectivity index (χ1v) is 7.98. The number of para-hydroxylation sites is 1. The summed E-state index contributed by atoms with van der Waals surface area (Å²) >= 11 is 0. The number of carbonyl (C=O) groups is 1. The van der Waals surface area contributed by atoms with Gasteiger partial charge in [0, 0.05) is 12.1 Å². The van der Waals surface area contributed by atoms with E-state index in [0.717, 1.165) is 30.1 Å². The van der Waals surface area contributed by atoms with Gasteiger partial charge in [-0.15, -0.1) is 17.5 Å². The zero-order chi connectivity index (χ0) is 18.0. The third kappa shape index (κ3) is 4.53. The van der Waals surface area contributed by atoms with Crippen molar-refractivity contribution in [3.05, 3.63) is 41.7 Å². The molecule has 2 aromatic rings. The van der Waals surface area contributed by atoms with E-state index < -0.39 is 17.6 Å². The lowest BCUT2D eigenvalue weighted by atomic mass is 10.0. The Hall–Kier alpha value is -2.13. The molecule has 1 fully saturated rings. The van der Waals surface area contributed by atoms with Crippen LogP contribution in [0.1, 0.15) is 35.8 Å². The second kappa shape index (κ2) is 8.05. The van der Waals surface area contributed by atoms with Gasteiger partial charge in [-0.05, 0) is 38.4 Å². The molecule has 26 heavy (non-hydrogen) atoms. The molecule has 142 valence electrons. The number of nitrogens with one attached hydrogen (secondary N) is 2. The molecule has 1 amide bonds. The highest BCUT2D eigenvalue weighted by atomic mass is 35.5. The maximum Gasteiger partial charge on any atom is 0.418 e. The number of hydrogen-bond donors (Lipinski definition) is 2. The number of hydrogen-bond acceptors (Lipinski definition) is 4. The average Bonchev–Trinajstić information content (AvgIpc) is 3.04. The van der Waals surface area contributed by atoms with Crippen molar-refractivity contribution in [2.75, 3.05) is 6.54 Å². The molecule has 1 aliphatic heterocycles. The predicted molar refractivity (Wildman–Crippen MR) is 91.6 cm³/mol. The largest absolute Gasteiger partial charge is 0.418 e. The van der Waals surface area contributed by atoms with Crippen LogP contribution in [0.4, 0.5) is 13.2 Å². The van der Waals surface area contributed by atoms with Gasteiger partial charge in [0.25, 0.3) is 5.91 Å². The van der Waals surface area contributed by atoms with E-state index in [4.69, 9.17) is 0 Å². The number of halogens is 4. The summed E-state index contributed by atoms with van der Waals surface area (Å²) in [5.41, 5.74) is -1.01. The van der Waals surface area contributed by atoms with Crippen LogP contribution in [0.25, 0.3) is 5.69 Å². The molecule has 1 aliphatic rings. The van der Waals surface area contributed by atoms with Crippen LogP contribution in [0.5, 0.6) is 0 Å². The molecular formula is C16H19ClF3N5O. The lowest BCUT2D eigenvalue weighted by Gasteiger charge is -2.28. The summed E-state index contributed by atoms with van der Waals surface area (Å²) in [7, 11) is 0. The molecule has 2 unspecified atom stereocenters. The van der Waals surface area contributed by atoms with Crippen molar-refractivity contribution in [1.29, 1.82) is 0 Å². The average molecular weight is 390 g/mol. The topological polar surface area (TPSA) is 71.8 Å². The van der Waals surface area contributed by atoms with Crippen molar-refractivity contribution in [3.63, 3.8) is 0 Å². The fraction of sp³-hybridized carbons (Fsp3) is 0.438. The first-order valence-electron chi connectivity index (χ1n) is 7.98. The molecule has 1 saturated heterocycles. The molecule has 10 heteroatoms. The third-order valence-electron chi connectivity index (χ3n) is 4.14. The molecule has 6 nitrogen and oxygen atoms in total. The number of benzene rings is 1. The quantitative estimate of drug-likeness (QED) is 0.846.